The molecule has 0 unspecified atom stereocenters. The van der Waals surface area contributed by atoms with Gasteiger partial charge in [0.1, 0.15) is 0 Å². The fourth-order valence-electron chi connectivity index (χ4n) is 1.74. The first-order valence-electron chi connectivity index (χ1n) is 7.24. The summed E-state index contributed by atoms with van der Waals surface area (Å²) in [6, 6.07) is 0. The van der Waals surface area contributed by atoms with Crippen LogP contribution in [0.4, 0.5) is 0 Å². The second-order valence-corrected chi connectivity index (χ2v) is 4.64. The van der Waals surface area contributed by atoms with Gasteiger partial charge >= 0.3 is 11.9 Å². The van der Waals surface area contributed by atoms with E-state index in [0.717, 1.165) is 25.3 Å². The molecule has 0 radical (unpaired) electrons. The molecule has 4 heteroatoms. The molecule has 0 aliphatic heterocycles. The minimum Gasteiger partial charge on any atom is -0.247 e. The molecule has 0 heterocycles. The Labute approximate surface area is 116 Å². The van der Waals surface area contributed by atoms with E-state index in [-0.39, 0.29) is 0 Å². The summed E-state index contributed by atoms with van der Waals surface area (Å²) in [7, 11) is 0. The minimum absolute atomic E-state index is 0.292. The molecule has 0 aliphatic carbocycles. The lowest BCUT2D eigenvalue weighted by Gasteiger charge is -2.02. The van der Waals surface area contributed by atoms with Crippen LogP contribution < -0.4 is 0 Å². The van der Waals surface area contributed by atoms with Crippen molar-refractivity contribution in [3.05, 3.63) is 12.7 Å². The van der Waals surface area contributed by atoms with Crippen LogP contribution in [0.3, 0.4) is 0 Å². The van der Waals surface area contributed by atoms with Crippen LogP contribution in [0, 0.1) is 0 Å². The van der Waals surface area contributed by atoms with Gasteiger partial charge < -0.3 is 0 Å². The molecular weight excluding hydrogens is 244 g/mol. The molecule has 0 rings (SSSR count). The highest BCUT2D eigenvalue weighted by Crippen LogP contribution is 2.10. The molecule has 0 aromatic heterocycles. The third-order valence-electron chi connectivity index (χ3n) is 2.87. The molecule has 0 saturated carbocycles. The average Bonchev–Trinajstić information content (AvgIpc) is 2.42. The summed E-state index contributed by atoms with van der Waals surface area (Å²) in [4.78, 5) is 30.2. The largest absolute Gasteiger partial charge is 0.378 e. The van der Waals surface area contributed by atoms with Crippen molar-refractivity contribution < 1.29 is 19.4 Å². The highest BCUT2D eigenvalue weighted by atomic mass is 17.2. The van der Waals surface area contributed by atoms with Crippen molar-refractivity contribution in [2.75, 3.05) is 0 Å². The Morgan fingerprint density at radius 1 is 0.895 bits per heavy atom. The van der Waals surface area contributed by atoms with Crippen LogP contribution in [0.5, 0.6) is 0 Å². The van der Waals surface area contributed by atoms with E-state index in [1.54, 1.807) is 0 Å². The molecule has 0 amide bonds. The van der Waals surface area contributed by atoms with Crippen molar-refractivity contribution in [3.8, 4) is 0 Å². The van der Waals surface area contributed by atoms with Gasteiger partial charge in [-0.05, 0) is 6.42 Å². The molecule has 0 bridgehead atoms. The van der Waals surface area contributed by atoms with Crippen molar-refractivity contribution in [2.24, 2.45) is 0 Å². The van der Waals surface area contributed by atoms with Crippen molar-refractivity contribution in [2.45, 2.75) is 71.1 Å². The van der Waals surface area contributed by atoms with Gasteiger partial charge in [-0.25, -0.2) is 19.4 Å². The molecule has 0 aromatic carbocycles. The maximum absolute atomic E-state index is 11.1. The van der Waals surface area contributed by atoms with Crippen LogP contribution in [0.15, 0.2) is 12.7 Å². The van der Waals surface area contributed by atoms with Gasteiger partial charge in [-0.15, -0.1) is 0 Å². The minimum atomic E-state index is -0.750. The van der Waals surface area contributed by atoms with Gasteiger partial charge in [-0.2, -0.15) is 0 Å². The van der Waals surface area contributed by atoms with E-state index in [1.165, 1.54) is 38.5 Å². The molecule has 0 N–H and O–H groups in total. The van der Waals surface area contributed by atoms with E-state index in [4.69, 9.17) is 0 Å². The van der Waals surface area contributed by atoms with Gasteiger partial charge in [0.05, 0.1) is 6.42 Å². The number of carbonyl (C=O) groups excluding carboxylic acids is 2. The highest BCUT2D eigenvalue weighted by Gasteiger charge is 2.06. The molecule has 0 saturated heterocycles. The number of unbranched alkanes of at least 4 members (excludes halogenated alkanes) is 8. The van der Waals surface area contributed by atoms with Crippen LogP contribution in [0.2, 0.25) is 0 Å². The first-order valence-corrected chi connectivity index (χ1v) is 7.24. The van der Waals surface area contributed by atoms with Crippen LogP contribution in [-0.2, 0) is 19.4 Å². The first-order chi connectivity index (χ1) is 9.20. The standard InChI is InChI=1S/C15H26O4/c1-3-5-6-7-8-9-10-11-12-13-15(17)19-18-14(16)4-2/h4H,2-3,5-13H2,1H3. The van der Waals surface area contributed by atoms with Crippen LogP contribution in [0.25, 0.3) is 0 Å². The summed E-state index contributed by atoms with van der Waals surface area (Å²) in [6.45, 7) is 5.41. The van der Waals surface area contributed by atoms with Gasteiger partial charge in [0, 0.05) is 6.08 Å². The molecule has 4 nitrogen and oxygen atoms in total. The predicted octanol–water partition coefficient (Wildman–Crippen LogP) is 4.09. The lowest BCUT2D eigenvalue weighted by atomic mass is 10.1. The predicted molar refractivity (Wildman–Crippen MR) is 74.2 cm³/mol. The monoisotopic (exact) mass is 270 g/mol. The quantitative estimate of drug-likeness (QED) is 0.245. The Bertz CT molecular complexity index is 261. The topological polar surface area (TPSA) is 52.6 Å². The van der Waals surface area contributed by atoms with Crippen LogP contribution in [-0.4, -0.2) is 11.9 Å². The number of hydrogen-bond donors (Lipinski definition) is 0. The smallest absolute Gasteiger partial charge is 0.247 e. The van der Waals surface area contributed by atoms with E-state index in [2.05, 4.69) is 23.3 Å². The van der Waals surface area contributed by atoms with E-state index in [9.17, 15) is 9.59 Å². The Morgan fingerprint density at radius 3 is 1.95 bits per heavy atom. The molecule has 0 spiro atoms. The third-order valence-corrected chi connectivity index (χ3v) is 2.87. The highest BCUT2D eigenvalue weighted by molar-refractivity contribution is 5.81. The summed E-state index contributed by atoms with van der Waals surface area (Å²) < 4.78 is 0. The number of rotatable bonds is 11. The molecule has 0 fully saturated rings. The van der Waals surface area contributed by atoms with Crippen LogP contribution >= 0.6 is 0 Å². The van der Waals surface area contributed by atoms with Crippen molar-refractivity contribution in [1.29, 1.82) is 0 Å². The summed E-state index contributed by atoms with van der Waals surface area (Å²) in [5, 5.41) is 0. The van der Waals surface area contributed by atoms with E-state index in [0.29, 0.717) is 6.42 Å². The fourth-order valence-corrected chi connectivity index (χ4v) is 1.74. The van der Waals surface area contributed by atoms with Crippen molar-refractivity contribution in [3.63, 3.8) is 0 Å². The zero-order valence-electron chi connectivity index (χ0n) is 12.0. The van der Waals surface area contributed by atoms with E-state index >= 15 is 0 Å². The van der Waals surface area contributed by atoms with Gasteiger partial charge in [0.15, 0.2) is 0 Å². The zero-order chi connectivity index (χ0) is 14.3. The number of hydrogen-bond acceptors (Lipinski definition) is 4. The van der Waals surface area contributed by atoms with Crippen molar-refractivity contribution in [1.82, 2.24) is 0 Å². The normalized spacial score (nSPS) is 9.95. The molecule has 0 atom stereocenters. The summed E-state index contributed by atoms with van der Waals surface area (Å²) in [5.74, 6) is -1.25. The van der Waals surface area contributed by atoms with E-state index < -0.39 is 11.9 Å². The van der Waals surface area contributed by atoms with E-state index in [1.807, 2.05) is 0 Å². The molecule has 19 heavy (non-hydrogen) atoms. The Kier molecular flexibility index (Phi) is 12.2. The molecule has 110 valence electrons. The molecule has 0 aliphatic rings. The Morgan fingerprint density at radius 2 is 1.42 bits per heavy atom. The SMILES string of the molecule is C=CC(=O)OOC(=O)CCCCCCCCCCC. The number of carbonyl (C=O) groups is 2. The zero-order valence-corrected chi connectivity index (χ0v) is 12.0. The second-order valence-electron chi connectivity index (χ2n) is 4.64. The van der Waals surface area contributed by atoms with Crippen LogP contribution in [0.1, 0.15) is 71.1 Å². The maximum Gasteiger partial charge on any atom is 0.378 e. The van der Waals surface area contributed by atoms with Gasteiger partial charge in [0.25, 0.3) is 0 Å². The Balaban J connectivity index is 3.23. The van der Waals surface area contributed by atoms with Crippen molar-refractivity contribution >= 4 is 11.9 Å². The fraction of sp³-hybridized carbons (Fsp3) is 0.733. The van der Waals surface area contributed by atoms with Gasteiger partial charge in [-0.3, -0.25) is 0 Å². The first kappa shape index (κ1) is 17.7. The molecular formula is C15H26O4. The summed E-state index contributed by atoms with van der Waals surface area (Å²) in [5.41, 5.74) is 0. The second kappa shape index (κ2) is 13.1. The maximum atomic E-state index is 11.1. The van der Waals surface area contributed by atoms with Gasteiger partial charge in [0.2, 0.25) is 0 Å². The molecule has 0 aromatic rings. The lowest BCUT2D eigenvalue weighted by molar-refractivity contribution is -0.254. The summed E-state index contributed by atoms with van der Waals surface area (Å²) >= 11 is 0. The third kappa shape index (κ3) is 12.9. The average molecular weight is 270 g/mol. The lowest BCUT2D eigenvalue weighted by Crippen LogP contribution is -2.08. The Hall–Kier alpha value is -1.32. The summed E-state index contributed by atoms with van der Waals surface area (Å²) in [6.07, 6.45) is 11.9. The van der Waals surface area contributed by atoms with Gasteiger partial charge in [-0.1, -0.05) is 64.9 Å².